The van der Waals surface area contributed by atoms with Crippen molar-refractivity contribution in [3.05, 3.63) is 18.2 Å². The molecule has 2 aliphatic heterocycles. The van der Waals surface area contributed by atoms with E-state index in [4.69, 9.17) is 4.74 Å². The third kappa shape index (κ3) is 3.39. The first kappa shape index (κ1) is 13.6. The summed E-state index contributed by atoms with van der Waals surface area (Å²) >= 11 is 0. The molecule has 0 saturated carbocycles. The Morgan fingerprint density at radius 1 is 1.30 bits per heavy atom. The van der Waals surface area contributed by atoms with E-state index in [-0.39, 0.29) is 0 Å². The van der Waals surface area contributed by atoms with Crippen molar-refractivity contribution in [1.29, 1.82) is 0 Å². The summed E-state index contributed by atoms with van der Waals surface area (Å²) in [6.45, 7) is 3.90. The lowest BCUT2D eigenvalue weighted by Gasteiger charge is -2.23. The zero-order chi connectivity index (χ0) is 13.8. The minimum atomic E-state index is -0.712. The normalized spacial score (nSPS) is 24.1. The molecule has 3 rings (SSSR count). The zero-order valence-electron chi connectivity index (χ0n) is 11.7. The van der Waals surface area contributed by atoms with Crippen molar-refractivity contribution >= 4 is 11.6 Å². The molecular weight excluding hydrogens is 257 g/mol. The van der Waals surface area contributed by atoms with E-state index in [1.54, 1.807) is 0 Å². The number of anilines is 2. The SMILES string of the molecule is F[C@H]1CCN(c2cccc(NCC3CCOCC3)n2)C1. The van der Waals surface area contributed by atoms with Gasteiger partial charge in [0, 0.05) is 26.3 Å². The summed E-state index contributed by atoms with van der Waals surface area (Å²) in [6, 6.07) is 5.92. The molecule has 2 aliphatic rings. The Balaban J connectivity index is 1.56. The molecule has 3 heterocycles. The fourth-order valence-electron chi connectivity index (χ4n) is 2.82. The summed E-state index contributed by atoms with van der Waals surface area (Å²) < 4.78 is 18.6. The Bertz CT molecular complexity index is 437. The maximum Gasteiger partial charge on any atom is 0.131 e. The van der Waals surface area contributed by atoms with Crippen molar-refractivity contribution in [3.8, 4) is 0 Å². The second-order valence-electron chi connectivity index (χ2n) is 5.65. The standard InChI is InChI=1S/C15H22FN3O/c16-13-4-7-19(11-13)15-3-1-2-14(18-15)17-10-12-5-8-20-9-6-12/h1-3,12-13H,4-11H2,(H,17,18)/t13-/m0/s1. The van der Waals surface area contributed by atoms with E-state index >= 15 is 0 Å². The fourth-order valence-corrected chi connectivity index (χ4v) is 2.82. The minimum Gasteiger partial charge on any atom is -0.381 e. The first-order valence-corrected chi connectivity index (χ1v) is 7.49. The van der Waals surface area contributed by atoms with Crippen LogP contribution in [0.25, 0.3) is 0 Å². The molecule has 0 unspecified atom stereocenters. The fraction of sp³-hybridized carbons (Fsp3) is 0.667. The zero-order valence-corrected chi connectivity index (χ0v) is 11.7. The molecule has 0 spiro atoms. The molecule has 0 aromatic carbocycles. The van der Waals surface area contributed by atoms with Crippen LogP contribution in [0.3, 0.4) is 0 Å². The quantitative estimate of drug-likeness (QED) is 0.918. The number of nitrogens with one attached hydrogen (secondary N) is 1. The van der Waals surface area contributed by atoms with Crippen LogP contribution < -0.4 is 10.2 Å². The van der Waals surface area contributed by atoms with Crippen LogP contribution in [0.4, 0.5) is 16.0 Å². The van der Waals surface area contributed by atoms with E-state index < -0.39 is 6.17 Å². The molecule has 0 bridgehead atoms. The third-order valence-electron chi connectivity index (χ3n) is 4.10. The predicted molar refractivity (Wildman–Crippen MR) is 78.0 cm³/mol. The van der Waals surface area contributed by atoms with E-state index in [1.807, 2.05) is 23.1 Å². The summed E-state index contributed by atoms with van der Waals surface area (Å²) in [5.74, 6) is 2.43. The molecule has 1 atom stereocenters. The van der Waals surface area contributed by atoms with Gasteiger partial charge in [0.25, 0.3) is 0 Å². The number of hydrogen-bond donors (Lipinski definition) is 1. The van der Waals surface area contributed by atoms with E-state index in [1.165, 1.54) is 0 Å². The monoisotopic (exact) mass is 279 g/mol. The first-order valence-electron chi connectivity index (χ1n) is 7.49. The summed E-state index contributed by atoms with van der Waals surface area (Å²) in [4.78, 5) is 6.61. The van der Waals surface area contributed by atoms with E-state index in [9.17, 15) is 4.39 Å². The van der Waals surface area contributed by atoms with Gasteiger partial charge in [0.2, 0.25) is 0 Å². The van der Waals surface area contributed by atoms with Gasteiger partial charge in [-0.3, -0.25) is 0 Å². The average Bonchev–Trinajstić information content (AvgIpc) is 2.93. The highest BCUT2D eigenvalue weighted by Crippen LogP contribution is 2.22. The van der Waals surface area contributed by atoms with Gasteiger partial charge in [-0.15, -0.1) is 0 Å². The molecule has 1 aromatic heterocycles. The van der Waals surface area contributed by atoms with Gasteiger partial charge in [0.05, 0.1) is 6.54 Å². The number of alkyl halides is 1. The number of pyridine rings is 1. The molecule has 1 aromatic rings. The highest BCUT2D eigenvalue weighted by atomic mass is 19.1. The highest BCUT2D eigenvalue weighted by Gasteiger charge is 2.22. The van der Waals surface area contributed by atoms with Gasteiger partial charge in [-0.1, -0.05) is 6.07 Å². The maximum absolute atomic E-state index is 13.3. The number of halogens is 1. The number of rotatable bonds is 4. The lowest BCUT2D eigenvalue weighted by Crippen LogP contribution is -2.24. The van der Waals surface area contributed by atoms with Crippen LogP contribution in [0.15, 0.2) is 18.2 Å². The van der Waals surface area contributed by atoms with E-state index in [0.29, 0.717) is 18.9 Å². The molecule has 5 heteroatoms. The molecule has 0 radical (unpaired) electrons. The van der Waals surface area contributed by atoms with Crippen molar-refractivity contribution < 1.29 is 9.13 Å². The Labute approximate surface area is 119 Å². The Morgan fingerprint density at radius 3 is 2.90 bits per heavy atom. The number of hydrogen-bond acceptors (Lipinski definition) is 4. The average molecular weight is 279 g/mol. The summed E-state index contributed by atoms with van der Waals surface area (Å²) in [5.41, 5.74) is 0. The Kier molecular flexibility index (Phi) is 4.35. The molecular formula is C15H22FN3O. The van der Waals surface area contributed by atoms with Gasteiger partial charge in [-0.2, -0.15) is 0 Å². The lowest BCUT2D eigenvalue weighted by molar-refractivity contribution is 0.0699. The van der Waals surface area contributed by atoms with Crippen molar-refractivity contribution in [1.82, 2.24) is 4.98 Å². The predicted octanol–water partition coefficient (Wildman–Crippen LogP) is 2.47. The lowest BCUT2D eigenvalue weighted by atomic mass is 10.0. The smallest absolute Gasteiger partial charge is 0.131 e. The van der Waals surface area contributed by atoms with Gasteiger partial charge in [-0.05, 0) is 37.3 Å². The molecule has 20 heavy (non-hydrogen) atoms. The Hall–Kier alpha value is -1.36. The summed E-state index contributed by atoms with van der Waals surface area (Å²) in [5, 5.41) is 3.40. The molecule has 0 amide bonds. The van der Waals surface area contributed by atoms with Crippen LogP contribution in [0.2, 0.25) is 0 Å². The van der Waals surface area contributed by atoms with Crippen molar-refractivity contribution in [3.63, 3.8) is 0 Å². The van der Waals surface area contributed by atoms with Gasteiger partial charge in [-0.25, -0.2) is 9.37 Å². The highest BCUT2D eigenvalue weighted by molar-refractivity contribution is 5.47. The van der Waals surface area contributed by atoms with Gasteiger partial charge < -0.3 is 15.0 Å². The van der Waals surface area contributed by atoms with Gasteiger partial charge in [0.1, 0.15) is 17.8 Å². The maximum atomic E-state index is 13.3. The first-order chi connectivity index (χ1) is 9.81. The summed E-state index contributed by atoms with van der Waals surface area (Å²) in [6.07, 6.45) is 2.13. The van der Waals surface area contributed by atoms with Crippen LogP contribution in [-0.2, 0) is 4.74 Å². The second kappa shape index (κ2) is 6.39. The minimum absolute atomic E-state index is 0.469. The Morgan fingerprint density at radius 2 is 2.15 bits per heavy atom. The third-order valence-corrected chi connectivity index (χ3v) is 4.10. The van der Waals surface area contributed by atoms with Crippen LogP contribution in [-0.4, -0.2) is 44.0 Å². The molecule has 4 nitrogen and oxygen atoms in total. The van der Waals surface area contributed by atoms with Gasteiger partial charge >= 0.3 is 0 Å². The van der Waals surface area contributed by atoms with Crippen molar-refractivity contribution in [2.75, 3.05) is 43.1 Å². The van der Waals surface area contributed by atoms with Crippen LogP contribution in [0.5, 0.6) is 0 Å². The van der Waals surface area contributed by atoms with Gasteiger partial charge in [0.15, 0.2) is 0 Å². The molecule has 1 N–H and O–H groups in total. The van der Waals surface area contributed by atoms with Crippen LogP contribution in [0.1, 0.15) is 19.3 Å². The largest absolute Gasteiger partial charge is 0.381 e. The molecule has 2 fully saturated rings. The molecule has 0 aliphatic carbocycles. The molecule has 110 valence electrons. The molecule has 2 saturated heterocycles. The van der Waals surface area contributed by atoms with E-state index in [2.05, 4.69) is 10.3 Å². The summed E-state index contributed by atoms with van der Waals surface area (Å²) in [7, 11) is 0. The van der Waals surface area contributed by atoms with Crippen molar-refractivity contribution in [2.45, 2.75) is 25.4 Å². The van der Waals surface area contributed by atoms with E-state index in [0.717, 1.165) is 50.8 Å². The number of aromatic nitrogens is 1. The second-order valence-corrected chi connectivity index (χ2v) is 5.65. The van der Waals surface area contributed by atoms with Crippen LogP contribution >= 0.6 is 0 Å². The van der Waals surface area contributed by atoms with Crippen molar-refractivity contribution in [2.24, 2.45) is 5.92 Å². The topological polar surface area (TPSA) is 37.4 Å². The number of ether oxygens (including phenoxy) is 1. The van der Waals surface area contributed by atoms with Crippen LogP contribution in [0, 0.1) is 5.92 Å². The number of nitrogens with zero attached hydrogens (tertiary/aromatic N) is 2.